The molecule has 1 N–H and O–H groups in total. The van der Waals surface area contributed by atoms with E-state index in [0.29, 0.717) is 39.0 Å². The van der Waals surface area contributed by atoms with Gasteiger partial charge < -0.3 is 14.8 Å². The van der Waals surface area contributed by atoms with Crippen molar-refractivity contribution in [3.8, 4) is 5.69 Å². The number of piperidine rings is 1. The van der Waals surface area contributed by atoms with Gasteiger partial charge in [-0.05, 0) is 56.0 Å². The number of amides is 2. The van der Waals surface area contributed by atoms with E-state index in [1.165, 1.54) is 0 Å². The van der Waals surface area contributed by atoms with Crippen LogP contribution in [0.2, 0.25) is 0 Å². The lowest BCUT2D eigenvalue weighted by Crippen LogP contribution is -2.47. The Balaban J connectivity index is 1.35. The SMILES string of the molecule is O=C(Nc1cccc(-n2cccc2)c1)N1CCC(S(=O)(=O)N2CCCC2)CC1. The highest BCUT2D eigenvalue weighted by atomic mass is 32.2. The first-order valence-corrected chi connectivity index (χ1v) is 11.3. The molecule has 0 saturated carbocycles. The minimum atomic E-state index is -3.23. The molecule has 0 aliphatic carbocycles. The van der Waals surface area contributed by atoms with Crippen molar-refractivity contribution in [2.45, 2.75) is 30.9 Å². The molecule has 0 bridgehead atoms. The van der Waals surface area contributed by atoms with Gasteiger partial charge in [-0.3, -0.25) is 0 Å². The molecule has 0 radical (unpaired) electrons. The van der Waals surface area contributed by atoms with Crippen LogP contribution in [0.5, 0.6) is 0 Å². The Morgan fingerprint density at radius 1 is 0.964 bits per heavy atom. The summed E-state index contributed by atoms with van der Waals surface area (Å²) < 4.78 is 29.0. The van der Waals surface area contributed by atoms with Crippen LogP contribution in [-0.2, 0) is 10.0 Å². The van der Waals surface area contributed by atoms with E-state index in [1.807, 2.05) is 53.4 Å². The third-order valence-electron chi connectivity index (χ3n) is 5.58. The summed E-state index contributed by atoms with van der Waals surface area (Å²) in [5.41, 5.74) is 1.70. The minimum Gasteiger partial charge on any atom is -0.324 e. The van der Waals surface area contributed by atoms with Gasteiger partial charge in [0.15, 0.2) is 0 Å². The number of likely N-dealkylation sites (tertiary alicyclic amines) is 1. The van der Waals surface area contributed by atoms with E-state index in [1.54, 1.807) is 9.21 Å². The number of hydrogen-bond acceptors (Lipinski definition) is 3. The summed E-state index contributed by atoms with van der Waals surface area (Å²) in [6, 6.07) is 11.4. The number of nitrogens with zero attached hydrogens (tertiary/aromatic N) is 3. The van der Waals surface area contributed by atoms with Crippen molar-refractivity contribution in [2.24, 2.45) is 0 Å². The third kappa shape index (κ3) is 3.93. The normalized spacial score (nSPS) is 19.1. The molecule has 1 aromatic heterocycles. The molecule has 2 fully saturated rings. The fourth-order valence-corrected chi connectivity index (χ4v) is 5.96. The lowest BCUT2D eigenvalue weighted by Gasteiger charge is -2.33. The number of sulfonamides is 1. The van der Waals surface area contributed by atoms with Gasteiger partial charge in [0.1, 0.15) is 0 Å². The van der Waals surface area contributed by atoms with Crippen LogP contribution < -0.4 is 5.32 Å². The molecule has 0 atom stereocenters. The van der Waals surface area contributed by atoms with Crippen LogP contribution in [-0.4, -0.2) is 59.7 Å². The minimum absolute atomic E-state index is 0.179. The van der Waals surface area contributed by atoms with Gasteiger partial charge in [0.2, 0.25) is 10.0 Å². The maximum atomic E-state index is 12.7. The van der Waals surface area contributed by atoms with Gasteiger partial charge in [0, 0.05) is 49.9 Å². The Labute approximate surface area is 166 Å². The molecule has 2 saturated heterocycles. The molecule has 2 amide bonds. The standard InChI is InChI=1S/C20H26N4O3S/c25-20(21-17-6-5-7-18(16-17)22-10-1-2-11-22)23-14-8-19(9-15-23)28(26,27)24-12-3-4-13-24/h1-2,5-7,10-11,16,19H,3-4,8-9,12-15H2,(H,21,25). The monoisotopic (exact) mass is 402 g/mol. The van der Waals surface area contributed by atoms with Gasteiger partial charge in [0.05, 0.1) is 5.25 Å². The lowest BCUT2D eigenvalue weighted by atomic mass is 10.1. The van der Waals surface area contributed by atoms with Crippen molar-refractivity contribution in [3.63, 3.8) is 0 Å². The Morgan fingerprint density at radius 2 is 1.64 bits per heavy atom. The Kier molecular flexibility index (Phi) is 5.41. The van der Waals surface area contributed by atoms with Crippen molar-refractivity contribution in [1.82, 2.24) is 13.8 Å². The van der Waals surface area contributed by atoms with E-state index in [4.69, 9.17) is 0 Å². The topological polar surface area (TPSA) is 74.6 Å². The molecule has 1 aromatic carbocycles. The predicted octanol–water partition coefficient (Wildman–Crippen LogP) is 2.90. The van der Waals surface area contributed by atoms with Gasteiger partial charge in [-0.2, -0.15) is 0 Å². The van der Waals surface area contributed by atoms with Crippen LogP contribution >= 0.6 is 0 Å². The fourth-order valence-electron chi connectivity index (χ4n) is 3.96. The van der Waals surface area contributed by atoms with E-state index in [-0.39, 0.29) is 11.3 Å². The maximum Gasteiger partial charge on any atom is 0.321 e. The second kappa shape index (κ2) is 7.97. The summed E-state index contributed by atoms with van der Waals surface area (Å²) in [5, 5.41) is 2.57. The lowest BCUT2D eigenvalue weighted by molar-refractivity contribution is 0.199. The van der Waals surface area contributed by atoms with Crippen molar-refractivity contribution in [2.75, 3.05) is 31.5 Å². The van der Waals surface area contributed by atoms with Gasteiger partial charge in [-0.25, -0.2) is 17.5 Å². The number of nitrogens with one attached hydrogen (secondary N) is 1. The Hall–Kier alpha value is -2.32. The van der Waals surface area contributed by atoms with Crippen LogP contribution in [0.1, 0.15) is 25.7 Å². The van der Waals surface area contributed by atoms with Crippen LogP contribution in [0.3, 0.4) is 0 Å². The molecule has 8 heteroatoms. The number of anilines is 1. The predicted molar refractivity (Wildman–Crippen MR) is 109 cm³/mol. The van der Waals surface area contributed by atoms with E-state index >= 15 is 0 Å². The molecule has 4 rings (SSSR count). The van der Waals surface area contributed by atoms with Crippen LogP contribution in [0.25, 0.3) is 5.69 Å². The highest BCUT2D eigenvalue weighted by Gasteiger charge is 2.36. The number of rotatable bonds is 4. The molecular weight excluding hydrogens is 376 g/mol. The van der Waals surface area contributed by atoms with Gasteiger partial charge in [-0.15, -0.1) is 0 Å². The smallest absolute Gasteiger partial charge is 0.321 e. The largest absolute Gasteiger partial charge is 0.324 e. The Morgan fingerprint density at radius 3 is 2.32 bits per heavy atom. The van der Waals surface area contributed by atoms with Crippen molar-refractivity contribution in [3.05, 3.63) is 48.8 Å². The van der Waals surface area contributed by atoms with E-state index in [0.717, 1.165) is 24.2 Å². The number of carbonyl (C=O) groups is 1. The number of benzene rings is 1. The summed E-state index contributed by atoms with van der Waals surface area (Å²) in [4.78, 5) is 14.3. The summed E-state index contributed by atoms with van der Waals surface area (Å²) >= 11 is 0. The number of hydrogen-bond donors (Lipinski definition) is 1. The van der Waals surface area contributed by atoms with Gasteiger partial charge in [-0.1, -0.05) is 6.07 Å². The number of aromatic nitrogens is 1. The molecule has 3 heterocycles. The molecule has 2 aromatic rings. The molecule has 0 unspecified atom stereocenters. The quantitative estimate of drug-likeness (QED) is 0.854. The first kappa shape index (κ1) is 19.0. The summed E-state index contributed by atoms with van der Waals surface area (Å²) in [6.07, 6.45) is 6.79. The van der Waals surface area contributed by atoms with Crippen LogP contribution in [0.4, 0.5) is 10.5 Å². The Bertz CT molecular complexity index is 913. The van der Waals surface area contributed by atoms with Gasteiger partial charge >= 0.3 is 6.03 Å². The van der Waals surface area contributed by atoms with Gasteiger partial charge in [0.25, 0.3) is 0 Å². The summed E-state index contributed by atoms with van der Waals surface area (Å²) in [5.74, 6) is 0. The zero-order valence-corrected chi connectivity index (χ0v) is 16.6. The highest BCUT2D eigenvalue weighted by molar-refractivity contribution is 7.89. The fraction of sp³-hybridized carbons (Fsp3) is 0.450. The summed E-state index contributed by atoms with van der Waals surface area (Å²) in [7, 11) is -3.23. The number of carbonyl (C=O) groups excluding carboxylic acids is 1. The van der Waals surface area contributed by atoms with Crippen LogP contribution in [0, 0.1) is 0 Å². The molecular formula is C20H26N4O3S. The zero-order valence-electron chi connectivity index (χ0n) is 15.8. The van der Waals surface area contributed by atoms with Crippen molar-refractivity contribution < 1.29 is 13.2 Å². The second-order valence-corrected chi connectivity index (χ2v) is 9.62. The van der Waals surface area contributed by atoms with E-state index < -0.39 is 10.0 Å². The van der Waals surface area contributed by atoms with Crippen LogP contribution in [0.15, 0.2) is 48.8 Å². The molecule has 7 nitrogen and oxygen atoms in total. The molecule has 2 aliphatic heterocycles. The molecule has 28 heavy (non-hydrogen) atoms. The van der Waals surface area contributed by atoms with Crippen molar-refractivity contribution >= 4 is 21.7 Å². The molecule has 150 valence electrons. The molecule has 2 aliphatic rings. The van der Waals surface area contributed by atoms with Crippen molar-refractivity contribution in [1.29, 1.82) is 0 Å². The second-order valence-electron chi connectivity index (χ2n) is 7.41. The first-order valence-electron chi connectivity index (χ1n) is 9.82. The van der Waals surface area contributed by atoms with E-state index in [2.05, 4.69) is 5.32 Å². The van der Waals surface area contributed by atoms with E-state index in [9.17, 15) is 13.2 Å². The molecule has 0 spiro atoms. The average Bonchev–Trinajstić information content (AvgIpc) is 3.42. The third-order valence-corrected chi connectivity index (χ3v) is 7.97. The summed E-state index contributed by atoms with van der Waals surface area (Å²) in [6.45, 7) is 2.20. The zero-order chi connectivity index (χ0) is 19.6. The number of urea groups is 1. The highest BCUT2D eigenvalue weighted by Crippen LogP contribution is 2.25. The first-order chi connectivity index (χ1) is 13.5. The average molecular weight is 403 g/mol. The maximum absolute atomic E-state index is 12.7.